The van der Waals surface area contributed by atoms with E-state index < -0.39 is 30.3 Å². The quantitative estimate of drug-likeness (QED) is 0.349. The number of rotatable bonds is 9. The molecule has 1 unspecified atom stereocenters. The van der Waals surface area contributed by atoms with E-state index in [4.69, 9.17) is 4.84 Å². The minimum Gasteiger partial charge on any atom is -0.394 e. The lowest BCUT2D eigenvalue weighted by Gasteiger charge is -2.17. The molecule has 0 aliphatic heterocycles. The first-order valence-corrected chi connectivity index (χ1v) is 10.6. The van der Waals surface area contributed by atoms with Gasteiger partial charge in [-0.2, -0.15) is 13.2 Å². The predicted molar refractivity (Wildman–Crippen MR) is 120 cm³/mol. The lowest BCUT2D eigenvalue weighted by molar-refractivity contribution is -0.137. The number of aromatic amines is 1. The Balaban J connectivity index is 1.79. The van der Waals surface area contributed by atoms with Crippen molar-refractivity contribution in [2.24, 2.45) is 0 Å². The van der Waals surface area contributed by atoms with E-state index in [-0.39, 0.29) is 12.1 Å². The molecule has 0 fully saturated rings. The minimum atomic E-state index is -4.47. The van der Waals surface area contributed by atoms with E-state index in [1.165, 1.54) is 18.5 Å². The highest BCUT2D eigenvalue weighted by Gasteiger charge is 2.30. The van der Waals surface area contributed by atoms with Gasteiger partial charge in [-0.3, -0.25) is 9.63 Å². The number of halogens is 3. The van der Waals surface area contributed by atoms with Crippen LogP contribution >= 0.6 is 0 Å². The van der Waals surface area contributed by atoms with Crippen molar-refractivity contribution in [1.29, 1.82) is 0 Å². The molecule has 182 valence electrons. The SMILES string of the molecule is CCONc1cc(-c2c(C)[nH]c(C(=O)NC(CO)Cc3cccc(C(F)(F)F)c3)c2C)ncn1. The fraction of sp³-hybridized carbons (Fsp3) is 0.348. The van der Waals surface area contributed by atoms with Gasteiger partial charge in [0.05, 0.1) is 30.5 Å². The summed E-state index contributed by atoms with van der Waals surface area (Å²) in [6.07, 6.45) is -3.06. The number of H-pyrrole nitrogens is 1. The number of hydrogen-bond donors (Lipinski definition) is 4. The molecule has 2 aromatic heterocycles. The van der Waals surface area contributed by atoms with Gasteiger partial charge >= 0.3 is 6.18 Å². The van der Waals surface area contributed by atoms with E-state index >= 15 is 0 Å². The molecule has 0 saturated carbocycles. The maximum absolute atomic E-state index is 13.0. The predicted octanol–water partition coefficient (Wildman–Crippen LogP) is 3.80. The standard InChI is InChI=1S/C23H26F3N5O3/c1-4-34-31-19-10-18(27-12-28-19)20-13(2)21(29-14(20)3)22(33)30-17(11-32)9-15-6-5-7-16(8-15)23(24,25)26/h5-8,10,12,17,29,32H,4,9,11H2,1-3H3,(H,30,33)(H,27,28,31). The molecule has 0 saturated heterocycles. The van der Waals surface area contributed by atoms with E-state index in [0.29, 0.717) is 40.5 Å². The van der Waals surface area contributed by atoms with Crippen molar-refractivity contribution >= 4 is 11.7 Å². The lowest BCUT2D eigenvalue weighted by Crippen LogP contribution is -2.39. The van der Waals surface area contributed by atoms with Gasteiger partial charge in [0.1, 0.15) is 12.0 Å². The van der Waals surface area contributed by atoms with Crippen LogP contribution in [0.2, 0.25) is 0 Å². The smallest absolute Gasteiger partial charge is 0.394 e. The number of carbonyl (C=O) groups excluding carboxylic acids is 1. The van der Waals surface area contributed by atoms with Gasteiger partial charge in [-0.15, -0.1) is 0 Å². The molecule has 3 rings (SSSR count). The molecule has 0 radical (unpaired) electrons. The average Bonchev–Trinajstić information content (AvgIpc) is 3.10. The normalized spacial score (nSPS) is 12.4. The molecule has 34 heavy (non-hydrogen) atoms. The van der Waals surface area contributed by atoms with Crippen LogP contribution in [0.1, 0.15) is 39.8 Å². The maximum atomic E-state index is 13.0. The summed E-state index contributed by atoms with van der Waals surface area (Å²) in [6.45, 7) is 5.38. The Morgan fingerprint density at radius 3 is 2.68 bits per heavy atom. The van der Waals surface area contributed by atoms with E-state index in [2.05, 4.69) is 25.7 Å². The summed E-state index contributed by atoms with van der Waals surface area (Å²) in [5.41, 5.74) is 5.16. The van der Waals surface area contributed by atoms with Gasteiger partial charge in [-0.25, -0.2) is 15.4 Å². The van der Waals surface area contributed by atoms with Crippen LogP contribution in [0.25, 0.3) is 11.3 Å². The first kappa shape index (κ1) is 25.2. The molecular formula is C23H26F3N5O3. The molecule has 1 atom stereocenters. The number of nitrogens with one attached hydrogen (secondary N) is 3. The third kappa shape index (κ3) is 5.91. The zero-order chi connectivity index (χ0) is 24.9. The monoisotopic (exact) mass is 477 g/mol. The molecule has 1 aromatic carbocycles. The highest BCUT2D eigenvalue weighted by molar-refractivity contribution is 5.96. The Morgan fingerprint density at radius 1 is 1.24 bits per heavy atom. The van der Waals surface area contributed by atoms with Crippen molar-refractivity contribution in [2.75, 3.05) is 18.7 Å². The number of amides is 1. The lowest BCUT2D eigenvalue weighted by atomic mass is 10.0. The van der Waals surface area contributed by atoms with Gasteiger partial charge < -0.3 is 15.4 Å². The highest BCUT2D eigenvalue weighted by Crippen LogP contribution is 2.30. The number of aliphatic hydroxyl groups excluding tert-OH is 1. The topological polar surface area (TPSA) is 112 Å². The van der Waals surface area contributed by atoms with Crippen LogP contribution in [-0.4, -0.2) is 45.2 Å². The second-order valence-electron chi connectivity index (χ2n) is 7.70. The maximum Gasteiger partial charge on any atom is 0.416 e. The van der Waals surface area contributed by atoms with Crippen molar-refractivity contribution in [2.45, 2.75) is 39.4 Å². The van der Waals surface area contributed by atoms with Gasteiger partial charge in [0, 0.05) is 17.3 Å². The minimum absolute atomic E-state index is 0.0378. The Labute approximate surface area is 194 Å². The van der Waals surface area contributed by atoms with Gasteiger partial charge in [0.15, 0.2) is 5.82 Å². The molecule has 11 heteroatoms. The third-order valence-electron chi connectivity index (χ3n) is 5.20. The molecule has 0 aliphatic rings. The summed E-state index contributed by atoms with van der Waals surface area (Å²) >= 11 is 0. The molecular weight excluding hydrogens is 451 g/mol. The van der Waals surface area contributed by atoms with E-state index in [0.717, 1.165) is 12.1 Å². The molecule has 0 spiro atoms. The molecule has 0 aliphatic carbocycles. The molecule has 8 nitrogen and oxygen atoms in total. The number of benzene rings is 1. The number of nitrogens with zero attached hydrogens (tertiary/aromatic N) is 2. The van der Waals surface area contributed by atoms with Crippen LogP contribution in [0.5, 0.6) is 0 Å². The summed E-state index contributed by atoms with van der Waals surface area (Å²) in [7, 11) is 0. The summed E-state index contributed by atoms with van der Waals surface area (Å²) < 4.78 is 39.0. The summed E-state index contributed by atoms with van der Waals surface area (Å²) in [5.74, 6) is -0.0288. The van der Waals surface area contributed by atoms with Crippen molar-refractivity contribution < 1.29 is 27.9 Å². The van der Waals surface area contributed by atoms with Crippen molar-refractivity contribution in [3.05, 3.63) is 64.7 Å². The number of carbonyl (C=O) groups is 1. The number of anilines is 1. The largest absolute Gasteiger partial charge is 0.416 e. The summed E-state index contributed by atoms with van der Waals surface area (Å²) in [4.78, 5) is 29.5. The third-order valence-corrected chi connectivity index (χ3v) is 5.20. The Bertz CT molecular complexity index is 1150. The molecule has 4 N–H and O–H groups in total. The van der Waals surface area contributed by atoms with Crippen LogP contribution < -0.4 is 10.8 Å². The van der Waals surface area contributed by atoms with Gasteiger partial charge in [0.2, 0.25) is 0 Å². The van der Waals surface area contributed by atoms with Crippen LogP contribution in [0.3, 0.4) is 0 Å². The fourth-order valence-corrected chi connectivity index (χ4v) is 3.64. The van der Waals surface area contributed by atoms with Crippen molar-refractivity contribution in [1.82, 2.24) is 20.3 Å². The van der Waals surface area contributed by atoms with Crippen LogP contribution in [0.4, 0.5) is 19.0 Å². The first-order chi connectivity index (χ1) is 16.1. The average molecular weight is 477 g/mol. The second kappa shape index (κ2) is 10.7. The molecule has 0 bridgehead atoms. The Morgan fingerprint density at radius 2 is 2.00 bits per heavy atom. The molecule has 2 heterocycles. The van der Waals surface area contributed by atoms with Crippen LogP contribution in [0, 0.1) is 13.8 Å². The zero-order valence-electron chi connectivity index (χ0n) is 19.0. The fourth-order valence-electron chi connectivity index (χ4n) is 3.64. The van der Waals surface area contributed by atoms with E-state index in [1.807, 2.05) is 6.92 Å². The number of alkyl halides is 3. The first-order valence-electron chi connectivity index (χ1n) is 10.6. The molecule has 3 aromatic rings. The number of hydrogen-bond acceptors (Lipinski definition) is 6. The zero-order valence-corrected chi connectivity index (χ0v) is 19.0. The summed E-state index contributed by atoms with van der Waals surface area (Å²) in [5, 5.41) is 12.4. The number of aromatic nitrogens is 3. The van der Waals surface area contributed by atoms with Crippen LogP contribution in [0.15, 0.2) is 36.7 Å². The summed E-state index contributed by atoms with van der Waals surface area (Å²) in [6, 6.07) is 5.73. The van der Waals surface area contributed by atoms with Crippen molar-refractivity contribution in [3.8, 4) is 11.3 Å². The van der Waals surface area contributed by atoms with Gasteiger partial charge in [0.25, 0.3) is 5.91 Å². The highest BCUT2D eigenvalue weighted by atomic mass is 19.4. The second-order valence-corrected chi connectivity index (χ2v) is 7.70. The number of aryl methyl sites for hydroxylation is 1. The van der Waals surface area contributed by atoms with Crippen molar-refractivity contribution in [3.63, 3.8) is 0 Å². The Hall–Kier alpha value is -3.44. The van der Waals surface area contributed by atoms with Crippen LogP contribution in [-0.2, 0) is 17.4 Å². The Kier molecular flexibility index (Phi) is 7.90. The number of aliphatic hydroxyl groups is 1. The van der Waals surface area contributed by atoms with E-state index in [9.17, 15) is 23.1 Å². The molecule has 1 amide bonds. The van der Waals surface area contributed by atoms with Gasteiger partial charge in [-0.05, 0) is 44.4 Å². The van der Waals surface area contributed by atoms with E-state index in [1.54, 1.807) is 19.9 Å². The van der Waals surface area contributed by atoms with Gasteiger partial charge in [-0.1, -0.05) is 18.2 Å².